The topological polar surface area (TPSA) is 32.5 Å². The molecule has 106 valence electrons. The Morgan fingerprint density at radius 2 is 1.95 bits per heavy atom. The van der Waals surface area contributed by atoms with Crippen LogP contribution in [-0.4, -0.2) is 56.1 Å². The summed E-state index contributed by atoms with van der Waals surface area (Å²) >= 11 is 0. The Hall–Kier alpha value is -0.900. The summed E-state index contributed by atoms with van der Waals surface area (Å²) < 4.78 is 0. The van der Waals surface area contributed by atoms with Gasteiger partial charge < -0.3 is 15.5 Å². The molecule has 1 aliphatic heterocycles. The van der Waals surface area contributed by atoms with Gasteiger partial charge in [0.05, 0.1) is 0 Å². The van der Waals surface area contributed by atoms with Gasteiger partial charge in [-0.15, -0.1) is 0 Å². The van der Waals surface area contributed by atoms with Gasteiger partial charge in [-0.2, -0.15) is 0 Å². The zero-order valence-electron chi connectivity index (χ0n) is 12.3. The van der Waals surface area contributed by atoms with Gasteiger partial charge in [0, 0.05) is 32.7 Å². The first-order chi connectivity index (χ1) is 9.17. The Balaban J connectivity index is 1.86. The molecule has 1 aromatic carbocycles. The first-order valence-corrected chi connectivity index (χ1v) is 7.34. The number of benzene rings is 1. The molecule has 0 saturated carbocycles. The van der Waals surface area contributed by atoms with E-state index in [0.717, 1.165) is 19.5 Å². The second-order valence-electron chi connectivity index (χ2n) is 5.90. The molecule has 0 radical (unpaired) electrons. The lowest BCUT2D eigenvalue weighted by atomic mass is 9.97. The smallest absolute Gasteiger partial charge is 0.0110 e. The van der Waals surface area contributed by atoms with Gasteiger partial charge in [-0.1, -0.05) is 29.8 Å². The maximum atomic E-state index is 5.97. The van der Waals surface area contributed by atoms with Gasteiger partial charge in [0.25, 0.3) is 0 Å². The fourth-order valence-electron chi connectivity index (χ4n) is 2.79. The van der Waals surface area contributed by atoms with Gasteiger partial charge in [0.15, 0.2) is 0 Å². The lowest BCUT2D eigenvalue weighted by Gasteiger charge is -2.34. The summed E-state index contributed by atoms with van der Waals surface area (Å²) in [4.78, 5) is 4.96. The van der Waals surface area contributed by atoms with Crippen LogP contribution in [0.3, 0.4) is 0 Å². The number of hydrogen-bond acceptors (Lipinski definition) is 3. The number of nitrogens with zero attached hydrogens (tertiary/aromatic N) is 2. The molecular formula is C16H27N3. The van der Waals surface area contributed by atoms with Gasteiger partial charge in [-0.3, -0.25) is 0 Å². The Morgan fingerprint density at radius 3 is 2.58 bits per heavy atom. The summed E-state index contributed by atoms with van der Waals surface area (Å²) in [5.74, 6) is 0.574. The van der Waals surface area contributed by atoms with Gasteiger partial charge in [0.1, 0.15) is 0 Å². The van der Waals surface area contributed by atoms with E-state index >= 15 is 0 Å². The number of nitrogens with two attached hydrogens (primary N) is 1. The van der Waals surface area contributed by atoms with Crippen LogP contribution < -0.4 is 5.73 Å². The molecule has 0 bridgehead atoms. The standard InChI is InChI=1S/C16H27N3/c1-14-4-3-5-15(10-14)11-16(12-17)13-19-8-6-18(2)7-9-19/h3-5,10,16H,6-9,11-13,17H2,1-2H3. The molecule has 0 spiro atoms. The highest BCUT2D eigenvalue weighted by atomic mass is 15.2. The minimum Gasteiger partial charge on any atom is -0.330 e. The summed E-state index contributed by atoms with van der Waals surface area (Å²) in [6.07, 6.45) is 1.10. The summed E-state index contributed by atoms with van der Waals surface area (Å²) in [6, 6.07) is 8.81. The van der Waals surface area contributed by atoms with Gasteiger partial charge in [-0.05, 0) is 38.4 Å². The van der Waals surface area contributed by atoms with Crippen LogP contribution in [0.15, 0.2) is 24.3 Å². The van der Waals surface area contributed by atoms with E-state index in [2.05, 4.69) is 48.0 Å². The van der Waals surface area contributed by atoms with Crippen LogP contribution in [0, 0.1) is 12.8 Å². The minimum atomic E-state index is 0.574. The van der Waals surface area contributed by atoms with E-state index < -0.39 is 0 Å². The average Bonchev–Trinajstić information content (AvgIpc) is 2.40. The van der Waals surface area contributed by atoms with E-state index in [0.29, 0.717) is 5.92 Å². The highest BCUT2D eigenvalue weighted by Gasteiger charge is 2.17. The summed E-state index contributed by atoms with van der Waals surface area (Å²) in [7, 11) is 2.20. The maximum absolute atomic E-state index is 5.97. The van der Waals surface area contributed by atoms with Crippen LogP contribution in [0.4, 0.5) is 0 Å². The first kappa shape index (κ1) is 14.5. The number of hydrogen-bond donors (Lipinski definition) is 1. The van der Waals surface area contributed by atoms with Crippen molar-refractivity contribution in [2.24, 2.45) is 11.7 Å². The average molecular weight is 261 g/mol. The molecule has 1 saturated heterocycles. The number of likely N-dealkylation sites (N-methyl/N-ethyl adjacent to an activating group) is 1. The van der Waals surface area contributed by atoms with Crippen LogP contribution in [0.1, 0.15) is 11.1 Å². The van der Waals surface area contributed by atoms with E-state index in [1.54, 1.807) is 0 Å². The molecule has 3 nitrogen and oxygen atoms in total. The molecule has 1 atom stereocenters. The third-order valence-corrected chi connectivity index (χ3v) is 4.05. The van der Waals surface area contributed by atoms with Crippen molar-refractivity contribution in [3.63, 3.8) is 0 Å². The summed E-state index contributed by atoms with van der Waals surface area (Å²) in [6.45, 7) is 8.80. The van der Waals surface area contributed by atoms with Crippen molar-refractivity contribution < 1.29 is 0 Å². The molecule has 0 aromatic heterocycles. The summed E-state index contributed by atoms with van der Waals surface area (Å²) in [5.41, 5.74) is 8.73. The highest BCUT2D eigenvalue weighted by molar-refractivity contribution is 5.22. The number of rotatable bonds is 5. The first-order valence-electron chi connectivity index (χ1n) is 7.34. The molecule has 1 heterocycles. The second-order valence-corrected chi connectivity index (χ2v) is 5.90. The maximum Gasteiger partial charge on any atom is 0.0110 e. The highest BCUT2D eigenvalue weighted by Crippen LogP contribution is 2.12. The molecule has 3 heteroatoms. The zero-order valence-corrected chi connectivity index (χ0v) is 12.3. The molecule has 0 aliphatic carbocycles. The van der Waals surface area contributed by atoms with Crippen molar-refractivity contribution in [3.05, 3.63) is 35.4 Å². The van der Waals surface area contributed by atoms with Crippen molar-refractivity contribution >= 4 is 0 Å². The molecule has 2 N–H and O–H groups in total. The SMILES string of the molecule is Cc1cccc(CC(CN)CN2CCN(C)CC2)c1. The quantitative estimate of drug-likeness (QED) is 0.868. The van der Waals surface area contributed by atoms with Crippen molar-refractivity contribution in [1.29, 1.82) is 0 Å². The van der Waals surface area contributed by atoms with Crippen molar-refractivity contribution in [1.82, 2.24) is 9.80 Å². The normalized spacial score (nSPS) is 19.5. The van der Waals surface area contributed by atoms with E-state index in [-0.39, 0.29) is 0 Å². The Bertz CT molecular complexity index is 383. The predicted molar refractivity (Wildman–Crippen MR) is 81.4 cm³/mol. The Labute approximate surface area is 117 Å². The van der Waals surface area contributed by atoms with E-state index in [9.17, 15) is 0 Å². The second kappa shape index (κ2) is 7.04. The van der Waals surface area contributed by atoms with Crippen LogP contribution in [0.2, 0.25) is 0 Å². The van der Waals surface area contributed by atoms with Gasteiger partial charge >= 0.3 is 0 Å². The lowest BCUT2D eigenvalue weighted by molar-refractivity contribution is 0.137. The fourth-order valence-corrected chi connectivity index (χ4v) is 2.79. The monoisotopic (exact) mass is 261 g/mol. The number of piperazine rings is 1. The molecule has 1 aliphatic rings. The lowest BCUT2D eigenvalue weighted by Crippen LogP contribution is -2.47. The largest absolute Gasteiger partial charge is 0.330 e. The molecule has 1 aromatic rings. The minimum absolute atomic E-state index is 0.574. The van der Waals surface area contributed by atoms with E-state index in [1.165, 1.54) is 37.3 Å². The van der Waals surface area contributed by atoms with E-state index in [4.69, 9.17) is 5.73 Å². The molecule has 19 heavy (non-hydrogen) atoms. The van der Waals surface area contributed by atoms with Gasteiger partial charge in [0.2, 0.25) is 0 Å². The fraction of sp³-hybridized carbons (Fsp3) is 0.625. The molecule has 0 amide bonds. The third kappa shape index (κ3) is 4.60. The molecule has 2 rings (SSSR count). The van der Waals surface area contributed by atoms with Crippen LogP contribution in [-0.2, 0) is 6.42 Å². The van der Waals surface area contributed by atoms with Crippen molar-refractivity contribution in [2.75, 3.05) is 46.3 Å². The molecule has 1 unspecified atom stereocenters. The third-order valence-electron chi connectivity index (χ3n) is 4.05. The molecular weight excluding hydrogens is 234 g/mol. The zero-order chi connectivity index (χ0) is 13.7. The Morgan fingerprint density at radius 1 is 1.21 bits per heavy atom. The summed E-state index contributed by atoms with van der Waals surface area (Å²) in [5, 5.41) is 0. The van der Waals surface area contributed by atoms with Crippen LogP contribution >= 0.6 is 0 Å². The Kier molecular flexibility index (Phi) is 5.37. The van der Waals surface area contributed by atoms with Crippen LogP contribution in [0.5, 0.6) is 0 Å². The van der Waals surface area contributed by atoms with Crippen molar-refractivity contribution in [3.8, 4) is 0 Å². The van der Waals surface area contributed by atoms with Crippen molar-refractivity contribution in [2.45, 2.75) is 13.3 Å². The number of aryl methyl sites for hydroxylation is 1. The molecule has 1 fully saturated rings. The van der Waals surface area contributed by atoms with Gasteiger partial charge in [-0.25, -0.2) is 0 Å². The van der Waals surface area contributed by atoms with Crippen LogP contribution in [0.25, 0.3) is 0 Å². The predicted octanol–water partition coefficient (Wildman–Crippen LogP) is 1.36. The van der Waals surface area contributed by atoms with E-state index in [1.807, 2.05) is 0 Å².